The van der Waals surface area contributed by atoms with Crippen molar-refractivity contribution in [2.75, 3.05) is 39.0 Å². The average molecular weight is 738 g/mol. The number of thiol groups is 1. The quantitative estimate of drug-likeness (QED) is 0.214. The monoisotopic (exact) mass is 737 g/mol. The third-order valence-electron chi connectivity index (χ3n) is 9.85. The molecule has 0 spiro atoms. The molecule has 4 rings (SSSR count). The molecule has 15 heteroatoms. The summed E-state index contributed by atoms with van der Waals surface area (Å²) in [6, 6.07) is 2.60. The molecule has 2 fully saturated rings. The van der Waals surface area contributed by atoms with Crippen LogP contribution in [-0.2, 0) is 39.8 Å². The lowest BCUT2D eigenvalue weighted by Crippen LogP contribution is -2.63. The maximum Gasteiger partial charge on any atom is 0.409 e. The number of benzene rings is 1. The van der Waals surface area contributed by atoms with Gasteiger partial charge in [0, 0.05) is 40.0 Å². The van der Waals surface area contributed by atoms with E-state index in [1.54, 1.807) is 45.2 Å². The summed E-state index contributed by atoms with van der Waals surface area (Å²) < 4.78 is 29.0. The summed E-state index contributed by atoms with van der Waals surface area (Å²) in [4.78, 5) is 55.6. The van der Waals surface area contributed by atoms with Crippen LogP contribution in [0.25, 0.3) is 0 Å². The molecule has 2 N–H and O–H groups in total. The van der Waals surface area contributed by atoms with Crippen LogP contribution in [0.5, 0.6) is 5.75 Å². The first-order valence-electron chi connectivity index (χ1n) is 16.4. The molecule has 0 radical (unpaired) electrons. The number of aliphatic hydroxyl groups is 1. The average Bonchev–Trinajstić information content (AvgIpc) is 3.76. The van der Waals surface area contributed by atoms with E-state index in [4.69, 9.17) is 35.3 Å². The molecule has 0 aromatic heterocycles. The molecule has 3 aliphatic rings. The molecule has 0 aliphatic carbocycles. The van der Waals surface area contributed by atoms with Crippen LogP contribution in [0, 0.1) is 5.92 Å². The van der Waals surface area contributed by atoms with E-state index >= 15 is 0 Å². The number of halogens is 1. The van der Waals surface area contributed by atoms with Gasteiger partial charge in [-0.1, -0.05) is 42.3 Å². The van der Waals surface area contributed by atoms with E-state index in [0.717, 1.165) is 11.1 Å². The van der Waals surface area contributed by atoms with Crippen LogP contribution in [0.4, 0.5) is 10.5 Å². The minimum absolute atomic E-state index is 0.0489. The fourth-order valence-corrected chi connectivity index (χ4v) is 6.99. The van der Waals surface area contributed by atoms with Crippen molar-refractivity contribution in [2.24, 2.45) is 5.92 Å². The van der Waals surface area contributed by atoms with E-state index in [1.165, 1.54) is 38.0 Å². The number of carbonyl (C=O) groups is 4. The Morgan fingerprint density at radius 2 is 1.98 bits per heavy atom. The molecule has 3 heterocycles. The Bertz CT molecular complexity index is 1540. The highest BCUT2D eigenvalue weighted by Crippen LogP contribution is 2.49. The first-order valence-corrected chi connectivity index (χ1v) is 17.5. The first-order chi connectivity index (χ1) is 23.5. The summed E-state index contributed by atoms with van der Waals surface area (Å²) in [5.41, 5.74) is -0.903. The van der Waals surface area contributed by atoms with Crippen LogP contribution in [-0.4, -0.2) is 110 Å². The van der Waals surface area contributed by atoms with Crippen molar-refractivity contribution in [3.05, 3.63) is 46.5 Å². The van der Waals surface area contributed by atoms with Crippen LogP contribution in [0.3, 0.4) is 0 Å². The number of allylic oxidation sites excluding steroid dienone is 3. The van der Waals surface area contributed by atoms with Gasteiger partial charge in [0.25, 0.3) is 0 Å². The summed E-state index contributed by atoms with van der Waals surface area (Å²) in [5.74, 6) is -1.30. The molecule has 276 valence electrons. The number of hydrogen-bond donors (Lipinski definition) is 3. The lowest BCUT2D eigenvalue weighted by molar-refractivity contribution is -0.161. The molecule has 0 saturated carbocycles. The standard InChI is InChI=1S/C35H48ClN3O10S/c1-19-10-9-11-26(46-8)35(44)18-25(47-33(43)37-35)20(2)31-34(4,49-31)27(48-32(42)21(3)38(5)28(40)12-13-50)17-29(41)39(6)23-15-22(14-19)16-24(45-7)30(23)36/h9-11,15-16,20-21,25-27,31,44,50H,12-14,17-18H2,1-8H3,(H,37,43)/b11-9-,19-10-/t20-,21+,25+,26-,27-,31?,34+,35+/m1/s1. The summed E-state index contributed by atoms with van der Waals surface area (Å²) in [5, 5.41) is 14.4. The van der Waals surface area contributed by atoms with Gasteiger partial charge < -0.3 is 38.6 Å². The number of likely N-dealkylation sites (N-methyl/N-ethyl adjacent to an activating group) is 1. The predicted molar refractivity (Wildman–Crippen MR) is 189 cm³/mol. The van der Waals surface area contributed by atoms with Crippen molar-refractivity contribution in [1.29, 1.82) is 0 Å². The van der Waals surface area contributed by atoms with Gasteiger partial charge in [0.15, 0.2) is 5.72 Å². The number of esters is 1. The van der Waals surface area contributed by atoms with E-state index < -0.39 is 65.7 Å². The summed E-state index contributed by atoms with van der Waals surface area (Å²) in [7, 11) is 5.98. The number of alkyl carbamates (subject to hydrolysis) is 1. The molecular weight excluding hydrogens is 690 g/mol. The topological polar surface area (TPSA) is 156 Å². The van der Waals surface area contributed by atoms with Gasteiger partial charge in [-0.15, -0.1) is 0 Å². The van der Waals surface area contributed by atoms with Crippen molar-refractivity contribution in [3.8, 4) is 5.75 Å². The maximum absolute atomic E-state index is 14.0. The molecule has 3 aliphatic heterocycles. The number of fused-ring (bicyclic) bond motifs is 5. The van der Waals surface area contributed by atoms with Crippen LogP contribution >= 0.6 is 24.2 Å². The minimum Gasteiger partial charge on any atom is -0.495 e. The van der Waals surface area contributed by atoms with Gasteiger partial charge in [-0.2, -0.15) is 12.6 Å². The number of nitrogens with one attached hydrogen (secondary N) is 1. The molecule has 1 aromatic rings. The van der Waals surface area contributed by atoms with Crippen molar-refractivity contribution < 1.29 is 48.0 Å². The first kappa shape index (κ1) is 39.5. The van der Waals surface area contributed by atoms with Crippen molar-refractivity contribution >= 4 is 53.8 Å². The van der Waals surface area contributed by atoms with E-state index in [-0.39, 0.29) is 30.2 Å². The Labute approximate surface area is 303 Å². The van der Waals surface area contributed by atoms with Gasteiger partial charge in [-0.25, -0.2) is 9.59 Å². The largest absolute Gasteiger partial charge is 0.495 e. The molecule has 3 amide bonds. The second-order valence-electron chi connectivity index (χ2n) is 13.4. The zero-order chi connectivity index (χ0) is 37.1. The zero-order valence-electron chi connectivity index (χ0n) is 29.7. The number of hydrogen-bond acceptors (Lipinski definition) is 11. The maximum atomic E-state index is 14.0. The molecule has 13 nitrogen and oxygen atoms in total. The van der Waals surface area contributed by atoms with Crippen molar-refractivity contribution in [3.63, 3.8) is 0 Å². The Balaban J connectivity index is 1.78. The van der Waals surface area contributed by atoms with Gasteiger partial charge in [0.05, 0.1) is 25.3 Å². The molecule has 4 bridgehead atoms. The van der Waals surface area contributed by atoms with Crippen molar-refractivity contribution in [1.82, 2.24) is 10.2 Å². The van der Waals surface area contributed by atoms with E-state index in [0.29, 0.717) is 23.6 Å². The minimum atomic E-state index is -1.82. The molecule has 8 atom stereocenters. The van der Waals surface area contributed by atoms with Crippen molar-refractivity contribution in [2.45, 2.75) is 95.2 Å². The normalized spacial score (nSPS) is 32.3. The smallest absolute Gasteiger partial charge is 0.409 e. The fourth-order valence-electron chi connectivity index (χ4n) is 6.49. The highest BCUT2D eigenvalue weighted by atomic mass is 35.5. The van der Waals surface area contributed by atoms with E-state index in [9.17, 15) is 24.3 Å². The number of nitrogens with zero attached hydrogens (tertiary/aromatic N) is 2. The number of rotatable bonds is 7. The van der Waals surface area contributed by atoms with Gasteiger partial charge in [0.1, 0.15) is 40.7 Å². The lowest BCUT2D eigenvalue weighted by atomic mass is 9.83. The summed E-state index contributed by atoms with van der Waals surface area (Å²) >= 11 is 10.8. The van der Waals surface area contributed by atoms with E-state index in [1.807, 2.05) is 13.0 Å². The van der Waals surface area contributed by atoms with Gasteiger partial charge in [-0.05, 0) is 50.6 Å². The van der Waals surface area contributed by atoms with Gasteiger partial charge >= 0.3 is 12.1 Å². The molecule has 1 unspecified atom stereocenters. The highest BCUT2D eigenvalue weighted by molar-refractivity contribution is 7.80. The van der Waals surface area contributed by atoms with E-state index in [2.05, 4.69) is 17.9 Å². The molecule has 2 saturated heterocycles. The Morgan fingerprint density at radius 1 is 1.28 bits per heavy atom. The predicted octanol–water partition coefficient (Wildman–Crippen LogP) is 3.83. The molecule has 50 heavy (non-hydrogen) atoms. The van der Waals surface area contributed by atoms with Crippen LogP contribution in [0.2, 0.25) is 5.02 Å². The number of epoxide rings is 1. The second-order valence-corrected chi connectivity index (χ2v) is 14.2. The summed E-state index contributed by atoms with van der Waals surface area (Å²) in [6.45, 7) is 6.96. The van der Waals surface area contributed by atoms with Crippen LogP contribution in [0.15, 0.2) is 35.9 Å². The highest BCUT2D eigenvalue weighted by Gasteiger charge is 2.64. The molecule has 1 aromatic carbocycles. The number of ether oxygens (including phenoxy) is 5. The number of carbonyl (C=O) groups excluding carboxylic acids is 4. The van der Waals surface area contributed by atoms with Gasteiger partial charge in [-0.3, -0.25) is 14.9 Å². The van der Waals surface area contributed by atoms with Gasteiger partial charge in [0.2, 0.25) is 11.8 Å². The Morgan fingerprint density at radius 3 is 2.62 bits per heavy atom. The third-order valence-corrected chi connectivity index (χ3v) is 10.5. The third kappa shape index (κ3) is 8.42. The molecular formula is C35H48ClN3O10S. The number of anilines is 1. The SMILES string of the molecule is COc1cc2cc(c1Cl)N(C)C(=O)C[C@@H](OC(=O)[C@H](C)N(C)C(=O)CCS)[C@]1(C)OC1[C@H](C)[C@@H]1C[C@@](O)(NC(=O)O1)[C@H](OC)/C=C\C=C(\C)C2. The number of amides is 3. The fraction of sp³-hybridized carbons (Fsp3) is 0.600. The van der Waals surface area contributed by atoms with Crippen LogP contribution < -0.4 is 15.0 Å². The lowest BCUT2D eigenvalue weighted by Gasteiger charge is -2.42. The Hall–Kier alpha value is -3.30. The summed E-state index contributed by atoms with van der Waals surface area (Å²) in [6.07, 6.45) is 1.08. The van der Waals surface area contributed by atoms with Crippen LogP contribution in [0.1, 0.15) is 52.5 Å². The Kier molecular flexibility index (Phi) is 12.6. The second kappa shape index (κ2) is 15.9. The zero-order valence-corrected chi connectivity index (χ0v) is 31.4. The number of methoxy groups -OCH3 is 2.